The maximum Gasteiger partial charge on any atom is 0.0541 e. The number of benzene rings is 8. The predicted molar refractivity (Wildman–Crippen MR) is 212 cm³/mol. The molecule has 9 rings (SSSR count). The fourth-order valence-electron chi connectivity index (χ4n) is 7.23. The molecule has 1 aromatic heterocycles. The van der Waals surface area contributed by atoms with Crippen LogP contribution in [0.4, 0.5) is 17.1 Å². The third-order valence-electron chi connectivity index (χ3n) is 9.61. The van der Waals surface area contributed by atoms with Crippen molar-refractivity contribution < 1.29 is 0 Å². The van der Waals surface area contributed by atoms with Gasteiger partial charge in [-0.25, -0.2) is 0 Å². The molecule has 0 bridgehead atoms. The summed E-state index contributed by atoms with van der Waals surface area (Å²) in [5.74, 6) is 0. The van der Waals surface area contributed by atoms with Gasteiger partial charge in [-0.1, -0.05) is 140 Å². The first-order valence-corrected chi connectivity index (χ1v) is 17.1. The Morgan fingerprint density at radius 1 is 0.300 bits per heavy atom. The molecule has 0 aliphatic rings. The number of para-hydroxylation sites is 3. The molecule has 2 heteroatoms. The molecule has 0 N–H and O–H groups in total. The summed E-state index contributed by atoms with van der Waals surface area (Å²) in [6.45, 7) is 0. The Hall–Kier alpha value is -6.64. The second-order valence-electron chi connectivity index (χ2n) is 12.6. The number of fused-ring (bicyclic) bond motifs is 3. The van der Waals surface area contributed by atoms with Crippen molar-refractivity contribution in [2.45, 2.75) is 0 Å². The average Bonchev–Trinajstić information content (AvgIpc) is 3.53. The number of hydrogen-bond acceptors (Lipinski definition) is 1. The highest BCUT2D eigenvalue weighted by molar-refractivity contribution is 6.10. The van der Waals surface area contributed by atoms with Crippen LogP contribution in [0.1, 0.15) is 0 Å². The molecule has 0 unspecified atom stereocenters. The Labute approximate surface area is 292 Å². The third kappa shape index (κ3) is 5.34. The molecule has 0 saturated carbocycles. The lowest BCUT2D eigenvalue weighted by Gasteiger charge is -2.26. The van der Waals surface area contributed by atoms with Gasteiger partial charge in [0.05, 0.1) is 11.0 Å². The summed E-state index contributed by atoms with van der Waals surface area (Å²) in [4.78, 5) is 2.32. The van der Waals surface area contributed by atoms with E-state index in [2.05, 4.69) is 216 Å². The number of nitrogens with zero attached hydrogens (tertiary/aromatic N) is 2. The minimum absolute atomic E-state index is 1.11. The fraction of sp³-hybridized carbons (Fsp3) is 0. The second kappa shape index (κ2) is 12.8. The summed E-state index contributed by atoms with van der Waals surface area (Å²) in [7, 11) is 0. The summed E-state index contributed by atoms with van der Waals surface area (Å²) in [6, 6.07) is 73.9. The minimum Gasteiger partial charge on any atom is -0.311 e. The van der Waals surface area contributed by atoms with E-state index in [1.54, 1.807) is 0 Å². The van der Waals surface area contributed by atoms with Crippen LogP contribution in [-0.2, 0) is 0 Å². The van der Waals surface area contributed by atoms with E-state index >= 15 is 0 Å². The summed E-state index contributed by atoms with van der Waals surface area (Å²) in [6.07, 6.45) is 0. The van der Waals surface area contributed by atoms with Gasteiger partial charge in [-0.3, -0.25) is 0 Å². The normalized spacial score (nSPS) is 11.2. The van der Waals surface area contributed by atoms with Crippen LogP contribution in [0.5, 0.6) is 0 Å². The van der Waals surface area contributed by atoms with Crippen molar-refractivity contribution in [1.82, 2.24) is 4.57 Å². The van der Waals surface area contributed by atoms with Gasteiger partial charge >= 0.3 is 0 Å². The SMILES string of the molecule is c1ccc(-c2ccc(N(c3ccccc3)c3ccc(-c4ccccc4-c4ccc5c(c4)c4ccccc4n5-c4ccccc4)cc3)cc2)cc1. The Kier molecular flexibility index (Phi) is 7.53. The van der Waals surface area contributed by atoms with Crippen LogP contribution in [0, 0.1) is 0 Å². The maximum atomic E-state index is 2.37. The van der Waals surface area contributed by atoms with Gasteiger partial charge in [0.2, 0.25) is 0 Å². The monoisotopic (exact) mass is 638 g/mol. The van der Waals surface area contributed by atoms with Crippen molar-refractivity contribution in [2.24, 2.45) is 0 Å². The van der Waals surface area contributed by atoms with Crippen molar-refractivity contribution in [3.8, 4) is 39.1 Å². The number of anilines is 3. The largest absolute Gasteiger partial charge is 0.311 e. The van der Waals surface area contributed by atoms with Crippen LogP contribution in [0.3, 0.4) is 0 Å². The molecule has 0 aliphatic carbocycles. The van der Waals surface area contributed by atoms with Gasteiger partial charge < -0.3 is 9.47 Å². The molecule has 0 atom stereocenters. The molecule has 0 radical (unpaired) electrons. The van der Waals surface area contributed by atoms with E-state index in [0.29, 0.717) is 0 Å². The molecule has 0 aliphatic heterocycles. The lowest BCUT2D eigenvalue weighted by atomic mass is 9.93. The van der Waals surface area contributed by atoms with Crippen LogP contribution < -0.4 is 4.90 Å². The standard InChI is InChI=1S/C48H34N2/c1-4-14-35(15-5-1)36-24-29-41(30-25-36)49(39-16-6-2-7-17-39)42-31-26-37(27-32-42)43-20-10-11-21-44(43)38-28-33-48-46(34-38)45-22-12-13-23-47(45)50(48)40-18-8-3-9-19-40/h1-34H. The first-order valence-electron chi connectivity index (χ1n) is 17.1. The van der Waals surface area contributed by atoms with Gasteiger partial charge in [0.15, 0.2) is 0 Å². The molecular weight excluding hydrogens is 605 g/mol. The fourth-order valence-corrected chi connectivity index (χ4v) is 7.23. The average molecular weight is 639 g/mol. The van der Waals surface area contributed by atoms with E-state index in [-0.39, 0.29) is 0 Å². The molecule has 2 nitrogen and oxygen atoms in total. The molecule has 0 fully saturated rings. The number of hydrogen-bond donors (Lipinski definition) is 0. The zero-order valence-electron chi connectivity index (χ0n) is 27.5. The first kappa shape index (κ1) is 29.5. The van der Waals surface area contributed by atoms with Gasteiger partial charge in [0, 0.05) is 33.5 Å². The highest BCUT2D eigenvalue weighted by atomic mass is 15.1. The van der Waals surface area contributed by atoms with Crippen molar-refractivity contribution in [1.29, 1.82) is 0 Å². The summed E-state index contributed by atoms with van der Waals surface area (Å²) >= 11 is 0. The Morgan fingerprint density at radius 3 is 1.44 bits per heavy atom. The number of aromatic nitrogens is 1. The van der Waals surface area contributed by atoms with Crippen molar-refractivity contribution >= 4 is 38.9 Å². The zero-order chi connectivity index (χ0) is 33.3. The Morgan fingerprint density at radius 2 is 0.760 bits per heavy atom. The predicted octanol–water partition coefficient (Wildman–Crippen LogP) is 13.3. The zero-order valence-corrected chi connectivity index (χ0v) is 27.5. The third-order valence-corrected chi connectivity index (χ3v) is 9.61. The molecule has 8 aromatic carbocycles. The van der Waals surface area contributed by atoms with Crippen molar-refractivity contribution in [3.63, 3.8) is 0 Å². The lowest BCUT2D eigenvalue weighted by molar-refractivity contribution is 1.18. The van der Waals surface area contributed by atoms with Gasteiger partial charge in [-0.05, 0) is 100 Å². The molecule has 0 spiro atoms. The minimum atomic E-state index is 1.11. The van der Waals surface area contributed by atoms with Crippen LogP contribution in [0.15, 0.2) is 206 Å². The Balaban J connectivity index is 1.10. The van der Waals surface area contributed by atoms with E-state index in [4.69, 9.17) is 0 Å². The van der Waals surface area contributed by atoms with Gasteiger partial charge in [0.25, 0.3) is 0 Å². The van der Waals surface area contributed by atoms with E-state index in [0.717, 1.165) is 17.1 Å². The van der Waals surface area contributed by atoms with Crippen molar-refractivity contribution in [2.75, 3.05) is 4.90 Å². The van der Waals surface area contributed by atoms with E-state index in [1.165, 1.54) is 60.9 Å². The topological polar surface area (TPSA) is 8.17 Å². The molecule has 9 aromatic rings. The summed E-state index contributed by atoms with van der Waals surface area (Å²) in [5, 5.41) is 2.51. The van der Waals surface area contributed by atoms with E-state index < -0.39 is 0 Å². The first-order chi connectivity index (χ1) is 24.8. The highest BCUT2D eigenvalue weighted by Crippen LogP contribution is 2.40. The number of rotatable bonds is 7. The second-order valence-corrected chi connectivity index (χ2v) is 12.6. The van der Waals surface area contributed by atoms with E-state index in [9.17, 15) is 0 Å². The van der Waals surface area contributed by atoms with Gasteiger partial charge in [-0.2, -0.15) is 0 Å². The van der Waals surface area contributed by atoms with Gasteiger partial charge in [-0.15, -0.1) is 0 Å². The summed E-state index contributed by atoms with van der Waals surface area (Å²) in [5.41, 5.74) is 14.2. The Bertz CT molecular complexity index is 2550. The lowest BCUT2D eigenvalue weighted by Crippen LogP contribution is -2.09. The molecule has 1 heterocycles. The summed E-state index contributed by atoms with van der Waals surface area (Å²) < 4.78 is 2.37. The van der Waals surface area contributed by atoms with E-state index in [1.807, 2.05) is 0 Å². The smallest absolute Gasteiger partial charge is 0.0541 e. The molecule has 50 heavy (non-hydrogen) atoms. The van der Waals surface area contributed by atoms with Crippen LogP contribution >= 0.6 is 0 Å². The molecule has 236 valence electrons. The van der Waals surface area contributed by atoms with Crippen LogP contribution in [0.25, 0.3) is 60.9 Å². The molecule has 0 saturated heterocycles. The maximum absolute atomic E-state index is 2.37. The van der Waals surface area contributed by atoms with Crippen LogP contribution in [0.2, 0.25) is 0 Å². The van der Waals surface area contributed by atoms with Gasteiger partial charge in [0.1, 0.15) is 0 Å². The quantitative estimate of drug-likeness (QED) is 0.169. The van der Waals surface area contributed by atoms with Crippen LogP contribution in [-0.4, -0.2) is 4.57 Å². The molecular formula is C48H34N2. The molecule has 0 amide bonds. The van der Waals surface area contributed by atoms with Crippen molar-refractivity contribution in [3.05, 3.63) is 206 Å². The highest BCUT2D eigenvalue weighted by Gasteiger charge is 2.16.